The van der Waals surface area contributed by atoms with Crippen LogP contribution in [-0.2, 0) is 0 Å². The van der Waals surface area contributed by atoms with E-state index >= 15 is 0 Å². The number of nitrogens with one attached hydrogen (secondary N) is 1. The number of rotatable bonds is 5. The molecule has 0 aliphatic heterocycles. The topological polar surface area (TPSA) is 25.2 Å². The van der Waals surface area contributed by atoms with Crippen molar-refractivity contribution in [3.05, 3.63) is 35.6 Å². The van der Waals surface area contributed by atoms with Crippen LogP contribution in [0.15, 0.2) is 28.7 Å². The molecule has 0 spiro atoms. The standard InChI is InChI=1S/C18H25NO/c1-12(2)10-19-11-14-5-6-16(14)18-9-15-8-13(3)4-7-17(15)20-18/h4,7-9,12,14,16,19H,5-6,10-11H2,1-3H3. The minimum Gasteiger partial charge on any atom is -0.461 e. The van der Waals surface area contributed by atoms with Crippen molar-refractivity contribution in [2.45, 2.75) is 39.5 Å². The third-order valence-corrected chi connectivity index (χ3v) is 4.43. The van der Waals surface area contributed by atoms with Crippen LogP contribution in [0.25, 0.3) is 11.0 Å². The van der Waals surface area contributed by atoms with E-state index in [0.717, 1.165) is 30.5 Å². The van der Waals surface area contributed by atoms with Crippen molar-refractivity contribution in [2.75, 3.05) is 13.1 Å². The van der Waals surface area contributed by atoms with Gasteiger partial charge in [-0.3, -0.25) is 0 Å². The molecule has 108 valence electrons. The number of hydrogen-bond donors (Lipinski definition) is 1. The summed E-state index contributed by atoms with van der Waals surface area (Å²) in [4.78, 5) is 0. The van der Waals surface area contributed by atoms with Crippen LogP contribution in [0.2, 0.25) is 0 Å². The molecule has 3 rings (SSSR count). The highest BCUT2D eigenvalue weighted by molar-refractivity contribution is 5.78. The van der Waals surface area contributed by atoms with Gasteiger partial charge in [0.15, 0.2) is 0 Å². The van der Waals surface area contributed by atoms with Crippen molar-refractivity contribution < 1.29 is 4.42 Å². The predicted octanol–water partition coefficient (Wildman–Crippen LogP) is 4.48. The van der Waals surface area contributed by atoms with Gasteiger partial charge in [-0.1, -0.05) is 25.5 Å². The molecule has 0 bridgehead atoms. The summed E-state index contributed by atoms with van der Waals surface area (Å²) in [6.07, 6.45) is 2.60. The van der Waals surface area contributed by atoms with Crippen LogP contribution in [-0.4, -0.2) is 13.1 Å². The van der Waals surface area contributed by atoms with Crippen LogP contribution in [0, 0.1) is 18.8 Å². The molecule has 1 aliphatic rings. The van der Waals surface area contributed by atoms with E-state index < -0.39 is 0 Å². The van der Waals surface area contributed by atoms with E-state index in [0.29, 0.717) is 5.92 Å². The van der Waals surface area contributed by atoms with Crippen molar-refractivity contribution in [2.24, 2.45) is 11.8 Å². The molecule has 1 fully saturated rings. The van der Waals surface area contributed by atoms with Gasteiger partial charge in [-0.2, -0.15) is 0 Å². The molecule has 0 amide bonds. The van der Waals surface area contributed by atoms with Gasteiger partial charge in [0.1, 0.15) is 11.3 Å². The fourth-order valence-corrected chi connectivity index (χ4v) is 3.11. The Morgan fingerprint density at radius 1 is 1.25 bits per heavy atom. The zero-order valence-corrected chi connectivity index (χ0v) is 12.8. The monoisotopic (exact) mass is 271 g/mol. The Labute approximate surface area is 121 Å². The summed E-state index contributed by atoms with van der Waals surface area (Å²) in [5.74, 6) is 3.27. The molecule has 2 unspecified atom stereocenters. The summed E-state index contributed by atoms with van der Waals surface area (Å²) in [5, 5.41) is 4.84. The lowest BCUT2D eigenvalue weighted by atomic mass is 9.72. The summed E-state index contributed by atoms with van der Waals surface area (Å²) < 4.78 is 6.06. The van der Waals surface area contributed by atoms with Gasteiger partial charge in [0, 0.05) is 11.3 Å². The zero-order valence-electron chi connectivity index (χ0n) is 12.8. The summed E-state index contributed by atoms with van der Waals surface area (Å²) in [5.41, 5.74) is 2.33. The SMILES string of the molecule is Cc1ccc2oc(C3CCC3CNCC(C)C)cc2c1. The predicted molar refractivity (Wildman–Crippen MR) is 84.1 cm³/mol. The molecule has 0 saturated heterocycles. The van der Waals surface area contributed by atoms with E-state index in [-0.39, 0.29) is 0 Å². The van der Waals surface area contributed by atoms with Crippen LogP contribution in [0.5, 0.6) is 0 Å². The highest BCUT2D eigenvalue weighted by Gasteiger charge is 2.34. The van der Waals surface area contributed by atoms with Crippen LogP contribution in [0.1, 0.15) is 43.9 Å². The van der Waals surface area contributed by atoms with E-state index in [1.807, 2.05) is 0 Å². The van der Waals surface area contributed by atoms with Crippen molar-refractivity contribution in [1.29, 1.82) is 0 Å². The van der Waals surface area contributed by atoms with E-state index in [1.54, 1.807) is 0 Å². The molecule has 1 saturated carbocycles. The molecular formula is C18H25NO. The Balaban J connectivity index is 1.68. The molecule has 1 aromatic carbocycles. The molecule has 2 aromatic rings. The molecule has 0 radical (unpaired) electrons. The largest absolute Gasteiger partial charge is 0.461 e. The molecule has 20 heavy (non-hydrogen) atoms. The van der Waals surface area contributed by atoms with Gasteiger partial charge in [-0.05, 0) is 62.9 Å². The Kier molecular flexibility index (Phi) is 3.84. The van der Waals surface area contributed by atoms with Crippen molar-refractivity contribution in [1.82, 2.24) is 5.32 Å². The smallest absolute Gasteiger partial charge is 0.134 e. The van der Waals surface area contributed by atoms with Crippen LogP contribution >= 0.6 is 0 Å². The van der Waals surface area contributed by atoms with Gasteiger partial charge >= 0.3 is 0 Å². The molecule has 1 aromatic heterocycles. The first-order valence-corrected chi connectivity index (χ1v) is 7.84. The van der Waals surface area contributed by atoms with Gasteiger partial charge in [0.05, 0.1) is 0 Å². The maximum absolute atomic E-state index is 6.06. The second kappa shape index (κ2) is 5.61. The quantitative estimate of drug-likeness (QED) is 0.867. The van der Waals surface area contributed by atoms with Gasteiger partial charge < -0.3 is 9.73 Å². The van der Waals surface area contributed by atoms with Gasteiger partial charge in [0.25, 0.3) is 0 Å². The normalized spacial score (nSPS) is 22.4. The Hall–Kier alpha value is -1.28. The maximum atomic E-state index is 6.06. The summed E-state index contributed by atoms with van der Waals surface area (Å²) in [7, 11) is 0. The molecular weight excluding hydrogens is 246 g/mol. The maximum Gasteiger partial charge on any atom is 0.134 e. The number of benzene rings is 1. The van der Waals surface area contributed by atoms with Gasteiger partial charge in [-0.25, -0.2) is 0 Å². The number of aryl methyl sites for hydroxylation is 1. The van der Waals surface area contributed by atoms with Crippen molar-refractivity contribution >= 4 is 11.0 Å². The first-order chi connectivity index (χ1) is 9.63. The lowest BCUT2D eigenvalue weighted by Crippen LogP contribution is -2.35. The third kappa shape index (κ3) is 2.76. The highest BCUT2D eigenvalue weighted by atomic mass is 16.3. The number of furan rings is 1. The molecule has 1 N–H and O–H groups in total. The Bertz CT molecular complexity index is 584. The van der Waals surface area contributed by atoms with E-state index in [4.69, 9.17) is 4.42 Å². The molecule has 1 heterocycles. The first kappa shape index (κ1) is 13.7. The van der Waals surface area contributed by atoms with Crippen molar-refractivity contribution in [3.8, 4) is 0 Å². The summed E-state index contributed by atoms with van der Waals surface area (Å²) in [6, 6.07) is 8.69. The fourth-order valence-electron chi connectivity index (χ4n) is 3.11. The average molecular weight is 271 g/mol. The number of fused-ring (bicyclic) bond motifs is 1. The van der Waals surface area contributed by atoms with Crippen molar-refractivity contribution in [3.63, 3.8) is 0 Å². The second-order valence-corrected chi connectivity index (χ2v) is 6.69. The second-order valence-electron chi connectivity index (χ2n) is 6.69. The number of hydrogen-bond acceptors (Lipinski definition) is 2. The Morgan fingerprint density at radius 2 is 2.10 bits per heavy atom. The lowest BCUT2D eigenvalue weighted by Gasteiger charge is -2.35. The first-order valence-electron chi connectivity index (χ1n) is 7.84. The molecule has 1 aliphatic carbocycles. The molecule has 2 nitrogen and oxygen atoms in total. The Morgan fingerprint density at radius 3 is 2.80 bits per heavy atom. The summed E-state index contributed by atoms with van der Waals surface area (Å²) >= 11 is 0. The van der Waals surface area contributed by atoms with Crippen LogP contribution in [0.4, 0.5) is 0 Å². The average Bonchev–Trinajstić information content (AvgIpc) is 2.74. The van der Waals surface area contributed by atoms with Crippen LogP contribution < -0.4 is 5.32 Å². The molecule has 2 heteroatoms. The van der Waals surface area contributed by atoms with Gasteiger partial charge in [-0.15, -0.1) is 0 Å². The fraction of sp³-hybridized carbons (Fsp3) is 0.556. The van der Waals surface area contributed by atoms with E-state index in [1.165, 1.54) is 29.6 Å². The zero-order chi connectivity index (χ0) is 14.1. The highest BCUT2D eigenvalue weighted by Crippen LogP contribution is 2.43. The van der Waals surface area contributed by atoms with Crippen LogP contribution in [0.3, 0.4) is 0 Å². The van der Waals surface area contributed by atoms with E-state index in [9.17, 15) is 0 Å². The lowest BCUT2D eigenvalue weighted by molar-refractivity contribution is 0.217. The van der Waals surface area contributed by atoms with Gasteiger partial charge in [0.2, 0.25) is 0 Å². The minimum atomic E-state index is 0.613. The molecule has 2 atom stereocenters. The third-order valence-electron chi connectivity index (χ3n) is 4.43. The minimum absolute atomic E-state index is 0.613. The van der Waals surface area contributed by atoms with E-state index in [2.05, 4.69) is 50.4 Å². The summed E-state index contributed by atoms with van der Waals surface area (Å²) in [6.45, 7) is 8.88.